The number of fused-ring (bicyclic) bond motifs is 1. The zero-order valence-corrected chi connectivity index (χ0v) is 13.4. The second-order valence-electron chi connectivity index (χ2n) is 6.24. The highest BCUT2D eigenvalue weighted by Crippen LogP contribution is 2.42. The van der Waals surface area contributed by atoms with Crippen LogP contribution >= 0.6 is 0 Å². The summed E-state index contributed by atoms with van der Waals surface area (Å²) in [6, 6.07) is 9.49. The third kappa shape index (κ3) is 3.23. The minimum atomic E-state index is -0.546. The van der Waals surface area contributed by atoms with Gasteiger partial charge in [-0.1, -0.05) is 23.4 Å². The summed E-state index contributed by atoms with van der Waals surface area (Å²) in [6.45, 7) is -0.115. The molecule has 3 aromatic rings. The molecule has 3 N–H and O–H groups in total. The molecule has 0 aliphatic heterocycles. The SMILES string of the molecule is NC(=O)Cn1cc(C(=O)NC(c2cc3ccccc3o2)C2CC2)nn1. The molecule has 8 nitrogen and oxygen atoms in total. The number of nitrogens with zero attached hydrogens (tertiary/aromatic N) is 3. The zero-order valence-electron chi connectivity index (χ0n) is 13.4. The van der Waals surface area contributed by atoms with Crippen molar-refractivity contribution in [1.82, 2.24) is 20.3 Å². The summed E-state index contributed by atoms with van der Waals surface area (Å²) in [7, 11) is 0. The van der Waals surface area contributed by atoms with E-state index in [0.717, 1.165) is 29.6 Å². The summed E-state index contributed by atoms with van der Waals surface area (Å²) in [5.74, 6) is 0.190. The van der Waals surface area contributed by atoms with Crippen LogP contribution in [0.2, 0.25) is 0 Å². The second kappa shape index (κ2) is 6.04. The summed E-state index contributed by atoms with van der Waals surface area (Å²) in [5, 5.41) is 11.5. The molecule has 1 saturated carbocycles. The summed E-state index contributed by atoms with van der Waals surface area (Å²) in [4.78, 5) is 23.4. The van der Waals surface area contributed by atoms with Crippen LogP contribution in [0.1, 0.15) is 35.1 Å². The quantitative estimate of drug-likeness (QED) is 0.704. The van der Waals surface area contributed by atoms with E-state index < -0.39 is 5.91 Å². The van der Waals surface area contributed by atoms with E-state index in [1.807, 2.05) is 30.3 Å². The Morgan fingerprint density at radius 1 is 1.36 bits per heavy atom. The Kier molecular flexibility index (Phi) is 3.72. The number of rotatable bonds is 6. The minimum Gasteiger partial charge on any atom is -0.459 e. The van der Waals surface area contributed by atoms with E-state index in [1.54, 1.807) is 0 Å². The maximum atomic E-state index is 12.5. The lowest BCUT2D eigenvalue weighted by molar-refractivity contribution is -0.118. The van der Waals surface area contributed by atoms with Crippen molar-refractivity contribution in [2.75, 3.05) is 0 Å². The van der Waals surface area contributed by atoms with Crippen molar-refractivity contribution in [2.45, 2.75) is 25.4 Å². The number of primary amides is 1. The van der Waals surface area contributed by atoms with Gasteiger partial charge in [0.1, 0.15) is 17.9 Å². The molecule has 2 amide bonds. The van der Waals surface area contributed by atoms with Gasteiger partial charge in [-0.2, -0.15) is 0 Å². The molecule has 1 unspecified atom stereocenters. The Labute approximate surface area is 143 Å². The first-order valence-corrected chi connectivity index (χ1v) is 8.08. The van der Waals surface area contributed by atoms with Crippen molar-refractivity contribution in [3.63, 3.8) is 0 Å². The first-order chi connectivity index (χ1) is 12.1. The molecule has 0 bridgehead atoms. The third-order valence-corrected chi connectivity index (χ3v) is 4.22. The molecule has 25 heavy (non-hydrogen) atoms. The number of benzene rings is 1. The predicted octanol–water partition coefficient (Wildman–Crippen LogP) is 1.39. The van der Waals surface area contributed by atoms with E-state index >= 15 is 0 Å². The lowest BCUT2D eigenvalue weighted by Crippen LogP contribution is -2.30. The molecular weight excluding hydrogens is 322 g/mol. The Hall–Kier alpha value is -3.16. The summed E-state index contributed by atoms with van der Waals surface area (Å²) in [6.07, 6.45) is 3.48. The van der Waals surface area contributed by atoms with Crippen molar-refractivity contribution in [1.29, 1.82) is 0 Å². The number of nitrogens with one attached hydrogen (secondary N) is 1. The maximum absolute atomic E-state index is 12.5. The van der Waals surface area contributed by atoms with Crippen LogP contribution in [0, 0.1) is 5.92 Å². The van der Waals surface area contributed by atoms with Gasteiger partial charge in [0, 0.05) is 5.39 Å². The van der Waals surface area contributed by atoms with Crippen LogP contribution in [-0.4, -0.2) is 26.8 Å². The molecule has 1 fully saturated rings. The highest BCUT2D eigenvalue weighted by atomic mass is 16.3. The van der Waals surface area contributed by atoms with E-state index in [4.69, 9.17) is 10.2 Å². The topological polar surface area (TPSA) is 116 Å². The number of amides is 2. The van der Waals surface area contributed by atoms with E-state index in [1.165, 1.54) is 10.9 Å². The fraction of sp³-hybridized carbons (Fsp3) is 0.294. The van der Waals surface area contributed by atoms with Gasteiger partial charge in [-0.15, -0.1) is 5.10 Å². The van der Waals surface area contributed by atoms with E-state index in [-0.39, 0.29) is 24.2 Å². The molecule has 0 radical (unpaired) electrons. The van der Waals surface area contributed by atoms with E-state index in [2.05, 4.69) is 15.6 Å². The van der Waals surface area contributed by atoms with Crippen LogP contribution in [0.4, 0.5) is 0 Å². The van der Waals surface area contributed by atoms with Gasteiger partial charge in [0.15, 0.2) is 5.69 Å². The largest absolute Gasteiger partial charge is 0.459 e. The molecule has 1 atom stereocenters. The molecule has 128 valence electrons. The first-order valence-electron chi connectivity index (χ1n) is 8.08. The predicted molar refractivity (Wildman–Crippen MR) is 88.4 cm³/mol. The van der Waals surface area contributed by atoms with Crippen molar-refractivity contribution >= 4 is 22.8 Å². The molecule has 2 aromatic heterocycles. The maximum Gasteiger partial charge on any atom is 0.274 e. The summed E-state index contributed by atoms with van der Waals surface area (Å²) < 4.78 is 7.15. The number of hydrogen-bond acceptors (Lipinski definition) is 5. The molecule has 4 rings (SSSR count). The molecule has 1 aliphatic rings. The number of furan rings is 1. The molecular formula is C17H17N5O3. The van der Waals surface area contributed by atoms with E-state index in [0.29, 0.717) is 5.92 Å². The molecule has 1 aromatic carbocycles. The van der Waals surface area contributed by atoms with Gasteiger partial charge in [-0.05, 0) is 30.9 Å². The van der Waals surface area contributed by atoms with E-state index in [9.17, 15) is 9.59 Å². The molecule has 1 aliphatic carbocycles. The number of carbonyl (C=O) groups is 2. The Morgan fingerprint density at radius 2 is 2.16 bits per heavy atom. The number of para-hydroxylation sites is 1. The average Bonchev–Trinajstić information content (AvgIpc) is 3.15. The Balaban J connectivity index is 1.54. The van der Waals surface area contributed by atoms with Gasteiger partial charge in [-0.25, -0.2) is 4.68 Å². The van der Waals surface area contributed by atoms with Crippen molar-refractivity contribution in [3.05, 3.63) is 48.0 Å². The fourth-order valence-corrected chi connectivity index (χ4v) is 2.86. The summed E-state index contributed by atoms with van der Waals surface area (Å²) >= 11 is 0. The first kappa shape index (κ1) is 15.4. The zero-order chi connectivity index (χ0) is 17.4. The van der Waals surface area contributed by atoms with Crippen LogP contribution in [0.25, 0.3) is 11.0 Å². The highest BCUT2D eigenvalue weighted by Gasteiger charge is 2.36. The number of hydrogen-bond donors (Lipinski definition) is 2. The fourth-order valence-electron chi connectivity index (χ4n) is 2.86. The van der Waals surface area contributed by atoms with Crippen LogP contribution in [0.5, 0.6) is 0 Å². The molecule has 0 saturated heterocycles. The molecule has 0 spiro atoms. The number of carbonyl (C=O) groups excluding carboxylic acids is 2. The van der Waals surface area contributed by atoms with Gasteiger partial charge >= 0.3 is 0 Å². The van der Waals surface area contributed by atoms with Gasteiger partial charge in [-0.3, -0.25) is 9.59 Å². The monoisotopic (exact) mass is 339 g/mol. The van der Waals surface area contributed by atoms with Gasteiger partial charge in [0.25, 0.3) is 5.91 Å². The van der Waals surface area contributed by atoms with Gasteiger partial charge in [0.05, 0.1) is 12.2 Å². The lowest BCUT2D eigenvalue weighted by atomic mass is 10.1. The smallest absolute Gasteiger partial charge is 0.274 e. The third-order valence-electron chi connectivity index (χ3n) is 4.22. The van der Waals surface area contributed by atoms with Crippen LogP contribution in [0.15, 0.2) is 40.9 Å². The van der Waals surface area contributed by atoms with Gasteiger partial charge in [0.2, 0.25) is 5.91 Å². The Bertz CT molecular complexity index is 908. The lowest BCUT2D eigenvalue weighted by Gasteiger charge is -2.14. The van der Waals surface area contributed by atoms with Gasteiger partial charge < -0.3 is 15.5 Å². The normalized spacial score (nSPS) is 15.2. The minimum absolute atomic E-state index is 0.115. The second-order valence-corrected chi connectivity index (χ2v) is 6.24. The van der Waals surface area contributed by atoms with Crippen molar-refractivity contribution in [3.8, 4) is 0 Å². The highest BCUT2D eigenvalue weighted by molar-refractivity contribution is 5.92. The average molecular weight is 339 g/mol. The molecule has 2 heterocycles. The van der Waals surface area contributed by atoms with Crippen LogP contribution in [-0.2, 0) is 11.3 Å². The Morgan fingerprint density at radius 3 is 2.88 bits per heavy atom. The summed E-state index contributed by atoms with van der Waals surface area (Å²) in [5.41, 5.74) is 6.05. The van der Waals surface area contributed by atoms with Crippen molar-refractivity contribution in [2.24, 2.45) is 11.7 Å². The van der Waals surface area contributed by atoms with Crippen molar-refractivity contribution < 1.29 is 14.0 Å². The van der Waals surface area contributed by atoms with Crippen LogP contribution in [0.3, 0.4) is 0 Å². The van der Waals surface area contributed by atoms with Crippen LogP contribution < -0.4 is 11.1 Å². The molecule has 8 heteroatoms. The standard InChI is InChI=1S/C17H17N5O3/c18-15(23)9-22-8-12(20-21-22)17(24)19-16(10-5-6-10)14-7-11-3-1-2-4-13(11)25-14/h1-4,7-8,10,16H,5-6,9H2,(H2,18,23)(H,19,24). The number of aromatic nitrogens is 3. The number of nitrogens with two attached hydrogens (primary N) is 1.